The first-order chi connectivity index (χ1) is 19.6. The summed E-state index contributed by atoms with van der Waals surface area (Å²) in [7, 11) is 0. The second-order valence-corrected chi connectivity index (χ2v) is 8.26. The minimum Gasteiger partial charge on any atom is -0.463 e. The Bertz CT molecular complexity index is 564. The quantitative estimate of drug-likeness (QED) is 0.289. The van der Waals surface area contributed by atoms with E-state index in [1.807, 2.05) is 0 Å². The van der Waals surface area contributed by atoms with Gasteiger partial charge in [-0.25, -0.2) is 0 Å². The van der Waals surface area contributed by atoms with E-state index < -0.39 is 23.9 Å². The molecule has 0 saturated carbocycles. The number of hydrogen-bond acceptors (Lipinski definition) is 14. The van der Waals surface area contributed by atoms with E-state index in [0.717, 1.165) is 0 Å². The van der Waals surface area contributed by atoms with Crippen molar-refractivity contribution in [2.24, 2.45) is 0 Å². The van der Waals surface area contributed by atoms with Gasteiger partial charge in [-0.15, -0.1) is 0 Å². The van der Waals surface area contributed by atoms with Gasteiger partial charge in [0.15, 0.2) is 0 Å². The maximum atomic E-state index is 11.7. The van der Waals surface area contributed by atoms with E-state index in [9.17, 15) is 19.2 Å². The van der Waals surface area contributed by atoms with E-state index >= 15 is 0 Å². The molecule has 0 aromatic rings. The third-order valence-corrected chi connectivity index (χ3v) is 4.97. The van der Waals surface area contributed by atoms with Gasteiger partial charge < -0.3 is 47.4 Å². The average Bonchev–Trinajstić information content (AvgIpc) is 2.93. The molecule has 1 saturated heterocycles. The number of carbonyl (C=O) groups excluding carboxylic acids is 4. The predicted octanol–water partition coefficient (Wildman–Crippen LogP) is 0.613. The summed E-state index contributed by atoms with van der Waals surface area (Å²) < 4.78 is 52.2. The van der Waals surface area contributed by atoms with Crippen molar-refractivity contribution in [2.75, 3.05) is 106 Å². The molecule has 14 heteroatoms. The fourth-order valence-electron chi connectivity index (χ4n) is 2.98. The molecule has 0 bridgehead atoms. The molecule has 40 heavy (non-hydrogen) atoms. The number of carbonyl (C=O) groups is 4. The topological polar surface area (TPSA) is 161 Å². The molecule has 232 valence electrons. The molecule has 0 aromatic heterocycles. The molecular weight excluding hydrogens is 536 g/mol. The van der Waals surface area contributed by atoms with Crippen molar-refractivity contribution in [1.29, 1.82) is 0 Å². The van der Waals surface area contributed by atoms with Crippen LogP contribution >= 0.6 is 0 Å². The first-order valence-corrected chi connectivity index (χ1v) is 13.7. The van der Waals surface area contributed by atoms with E-state index in [0.29, 0.717) is 65.7 Å². The van der Waals surface area contributed by atoms with E-state index in [2.05, 4.69) is 0 Å². The number of ether oxygens (including phenoxy) is 10. The van der Waals surface area contributed by atoms with E-state index in [4.69, 9.17) is 47.4 Å². The summed E-state index contributed by atoms with van der Waals surface area (Å²) in [4.78, 5) is 46.8. The van der Waals surface area contributed by atoms with Gasteiger partial charge in [-0.2, -0.15) is 0 Å². The molecule has 1 rings (SSSR count). The largest absolute Gasteiger partial charge is 0.463 e. The second-order valence-electron chi connectivity index (χ2n) is 8.26. The molecule has 1 aliphatic heterocycles. The maximum absolute atomic E-state index is 11.7. The Balaban J connectivity index is 2.20. The minimum atomic E-state index is -0.407. The molecule has 0 spiro atoms. The highest BCUT2D eigenvalue weighted by Crippen LogP contribution is 2.01. The van der Waals surface area contributed by atoms with Gasteiger partial charge in [0.1, 0.15) is 26.4 Å². The fraction of sp³-hybridized carbons (Fsp3) is 0.846. The van der Waals surface area contributed by atoms with Crippen LogP contribution < -0.4 is 0 Å². The Morgan fingerprint density at radius 3 is 0.650 bits per heavy atom. The Morgan fingerprint density at radius 2 is 0.450 bits per heavy atom. The number of cyclic esters (lactones) is 4. The zero-order chi connectivity index (χ0) is 28.9. The van der Waals surface area contributed by atoms with Crippen LogP contribution in [0.3, 0.4) is 0 Å². The third-order valence-electron chi connectivity index (χ3n) is 4.97. The third kappa shape index (κ3) is 24.7. The van der Waals surface area contributed by atoms with Gasteiger partial charge >= 0.3 is 23.9 Å². The zero-order valence-corrected chi connectivity index (χ0v) is 23.3. The molecule has 0 radical (unpaired) electrons. The van der Waals surface area contributed by atoms with Gasteiger partial charge in [0.05, 0.1) is 79.3 Å². The molecule has 1 heterocycles. The van der Waals surface area contributed by atoms with Crippen LogP contribution in [0.2, 0.25) is 0 Å². The van der Waals surface area contributed by atoms with E-state index in [1.165, 1.54) is 0 Å². The highest BCUT2D eigenvalue weighted by molar-refractivity contribution is 5.73. The summed E-state index contributed by atoms with van der Waals surface area (Å²) in [6, 6.07) is 0. The SMILES string of the molecule is O=C1CCCC(=O)OCCOCCOCCOCCOC(=O)CCCC(=O)OCCOCCOCCOCCO1. The molecular formula is C26H44O14. The van der Waals surface area contributed by atoms with Gasteiger partial charge in [-0.3, -0.25) is 19.2 Å². The van der Waals surface area contributed by atoms with Crippen LogP contribution in [0.15, 0.2) is 0 Å². The summed E-state index contributed by atoms with van der Waals surface area (Å²) in [5, 5.41) is 0. The highest BCUT2D eigenvalue weighted by atomic mass is 16.6. The Hall–Kier alpha value is -2.36. The van der Waals surface area contributed by atoms with E-state index in [-0.39, 0.29) is 78.5 Å². The molecule has 14 nitrogen and oxygen atoms in total. The second kappa shape index (κ2) is 26.8. The first kappa shape index (κ1) is 35.7. The van der Waals surface area contributed by atoms with Gasteiger partial charge in [-0.05, 0) is 12.8 Å². The van der Waals surface area contributed by atoms with Crippen LogP contribution in [-0.4, -0.2) is 130 Å². The van der Waals surface area contributed by atoms with Crippen LogP contribution in [0.25, 0.3) is 0 Å². The Kier molecular flexibility index (Phi) is 23.9. The van der Waals surface area contributed by atoms with Crippen molar-refractivity contribution in [3.05, 3.63) is 0 Å². The van der Waals surface area contributed by atoms with Crippen molar-refractivity contribution >= 4 is 23.9 Å². The van der Waals surface area contributed by atoms with Crippen LogP contribution in [0.1, 0.15) is 38.5 Å². The van der Waals surface area contributed by atoms with Crippen molar-refractivity contribution in [3.8, 4) is 0 Å². The van der Waals surface area contributed by atoms with Crippen LogP contribution in [0.5, 0.6) is 0 Å². The summed E-state index contributed by atoms with van der Waals surface area (Å²) in [5.74, 6) is -1.63. The molecule has 0 atom stereocenters. The Morgan fingerprint density at radius 1 is 0.275 bits per heavy atom. The average molecular weight is 581 g/mol. The van der Waals surface area contributed by atoms with E-state index in [1.54, 1.807) is 0 Å². The molecule has 0 unspecified atom stereocenters. The number of hydrogen-bond donors (Lipinski definition) is 0. The summed E-state index contributed by atoms with van der Waals surface area (Å²) in [5.41, 5.74) is 0. The molecule has 0 aliphatic carbocycles. The molecule has 0 N–H and O–H groups in total. The lowest BCUT2D eigenvalue weighted by molar-refractivity contribution is -0.148. The smallest absolute Gasteiger partial charge is 0.305 e. The van der Waals surface area contributed by atoms with Gasteiger partial charge in [-0.1, -0.05) is 0 Å². The minimum absolute atomic E-state index is 0.111. The van der Waals surface area contributed by atoms with Crippen molar-refractivity contribution < 1.29 is 66.5 Å². The summed E-state index contributed by atoms with van der Waals surface area (Å²) >= 11 is 0. The fourth-order valence-corrected chi connectivity index (χ4v) is 2.98. The van der Waals surface area contributed by atoms with Crippen molar-refractivity contribution in [3.63, 3.8) is 0 Å². The standard InChI is InChI=1S/C26H44O14/c27-23-3-1-4-24(28)38-20-16-34-12-8-32-10-14-36-18-22-40-26(30)6-2-5-25(29)39-21-17-35-13-9-31-7-11-33-15-19-37-23/h1-22H2. The molecule has 1 fully saturated rings. The van der Waals surface area contributed by atoms with Crippen LogP contribution in [0.4, 0.5) is 0 Å². The molecule has 0 amide bonds. The lowest BCUT2D eigenvalue weighted by atomic mass is 10.2. The molecule has 1 aliphatic rings. The lowest BCUT2D eigenvalue weighted by Gasteiger charge is -2.09. The van der Waals surface area contributed by atoms with Gasteiger partial charge in [0.25, 0.3) is 0 Å². The maximum Gasteiger partial charge on any atom is 0.305 e. The molecule has 0 aromatic carbocycles. The van der Waals surface area contributed by atoms with Crippen LogP contribution in [-0.2, 0) is 66.5 Å². The predicted molar refractivity (Wildman–Crippen MR) is 136 cm³/mol. The van der Waals surface area contributed by atoms with Gasteiger partial charge in [0.2, 0.25) is 0 Å². The first-order valence-electron chi connectivity index (χ1n) is 13.7. The summed E-state index contributed by atoms with van der Waals surface area (Å²) in [6.07, 6.45) is 1.10. The lowest BCUT2D eigenvalue weighted by Crippen LogP contribution is -2.16. The van der Waals surface area contributed by atoms with Gasteiger partial charge in [0, 0.05) is 25.7 Å². The monoisotopic (exact) mass is 580 g/mol. The van der Waals surface area contributed by atoms with Crippen molar-refractivity contribution in [1.82, 2.24) is 0 Å². The normalized spacial score (nSPS) is 22.2. The highest BCUT2D eigenvalue weighted by Gasteiger charge is 2.09. The number of rotatable bonds is 0. The number of esters is 4. The Labute approximate surface area is 235 Å². The van der Waals surface area contributed by atoms with Crippen molar-refractivity contribution in [2.45, 2.75) is 38.5 Å². The van der Waals surface area contributed by atoms with Crippen LogP contribution in [0, 0.1) is 0 Å². The summed E-state index contributed by atoms with van der Waals surface area (Å²) in [6.45, 7) is 4.13. The zero-order valence-electron chi connectivity index (χ0n) is 23.3.